The van der Waals surface area contributed by atoms with Crippen LogP contribution >= 0.6 is 38.6 Å². The summed E-state index contributed by atoms with van der Waals surface area (Å²) >= 11 is 6.02. The van der Waals surface area contributed by atoms with Gasteiger partial charge in [-0.1, -0.05) is 12.1 Å². The van der Waals surface area contributed by atoms with Gasteiger partial charge in [-0.2, -0.15) is 4.31 Å². The molecule has 28 heavy (non-hydrogen) atoms. The molecule has 6 nitrogen and oxygen atoms in total. The molecule has 3 heterocycles. The predicted molar refractivity (Wildman–Crippen MR) is 116 cm³/mol. The van der Waals surface area contributed by atoms with E-state index in [1.54, 1.807) is 23.1 Å². The van der Waals surface area contributed by atoms with Gasteiger partial charge >= 0.3 is 0 Å². The highest BCUT2D eigenvalue weighted by atomic mass is 79.9. The summed E-state index contributed by atoms with van der Waals surface area (Å²) < 4.78 is 28.9. The molecule has 0 atom stereocenters. The van der Waals surface area contributed by atoms with Gasteiger partial charge in [0.25, 0.3) is 10.0 Å². The minimum Gasteiger partial charge on any atom is -0.337 e. The Kier molecular flexibility index (Phi) is 5.66. The first kappa shape index (κ1) is 19.7. The van der Waals surface area contributed by atoms with Crippen LogP contribution in [0.4, 0.5) is 0 Å². The van der Waals surface area contributed by atoms with E-state index in [9.17, 15) is 13.2 Å². The molecule has 0 radical (unpaired) electrons. The summed E-state index contributed by atoms with van der Waals surface area (Å²) in [6.07, 6.45) is 3.23. The van der Waals surface area contributed by atoms with Crippen molar-refractivity contribution < 1.29 is 13.2 Å². The Hall–Kier alpha value is -1.59. The number of carbonyl (C=O) groups excluding carboxylic acids is 1. The average molecular weight is 498 g/mol. The molecule has 1 fully saturated rings. The van der Waals surface area contributed by atoms with Crippen LogP contribution in [0.15, 0.2) is 50.5 Å². The number of aromatic nitrogens is 1. The Bertz CT molecular complexity index is 1110. The number of nitrogens with zero attached hydrogens (tertiary/aromatic N) is 3. The number of benzene rings is 1. The summed E-state index contributed by atoms with van der Waals surface area (Å²) in [5.74, 6) is -0.129. The topological polar surface area (TPSA) is 70.6 Å². The molecule has 0 saturated carbocycles. The number of carbonyl (C=O) groups is 1. The van der Waals surface area contributed by atoms with Gasteiger partial charge in [0.15, 0.2) is 0 Å². The maximum Gasteiger partial charge on any atom is 0.252 e. The lowest BCUT2D eigenvalue weighted by molar-refractivity contribution is -0.127. The van der Waals surface area contributed by atoms with Crippen LogP contribution in [0.2, 0.25) is 0 Å². The Balaban J connectivity index is 1.38. The van der Waals surface area contributed by atoms with Gasteiger partial charge in [0.05, 0.1) is 14.0 Å². The fraction of sp³-hybridized carbons (Fsp3) is 0.222. The molecule has 1 aliphatic rings. The molecular weight excluding hydrogens is 482 g/mol. The van der Waals surface area contributed by atoms with Crippen molar-refractivity contribution in [3.63, 3.8) is 0 Å². The van der Waals surface area contributed by atoms with E-state index in [4.69, 9.17) is 0 Å². The van der Waals surface area contributed by atoms with E-state index in [1.807, 2.05) is 24.3 Å². The lowest BCUT2D eigenvalue weighted by atomic mass is 10.3. The van der Waals surface area contributed by atoms with Crippen molar-refractivity contribution in [2.24, 2.45) is 0 Å². The van der Waals surface area contributed by atoms with Gasteiger partial charge in [-0.3, -0.25) is 4.79 Å². The summed E-state index contributed by atoms with van der Waals surface area (Å²) in [5, 5.41) is 0.777. The minimum atomic E-state index is -3.50. The van der Waals surface area contributed by atoms with Crippen molar-refractivity contribution >= 4 is 70.8 Å². The third-order valence-electron chi connectivity index (χ3n) is 4.37. The molecule has 0 unspecified atom stereocenters. The van der Waals surface area contributed by atoms with E-state index < -0.39 is 10.0 Å². The molecule has 1 aliphatic heterocycles. The molecule has 1 aromatic carbocycles. The Morgan fingerprint density at radius 1 is 1.07 bits per heavy atom. The maximum absolute atomic E-state index is 12.7. The zero-order valence-corrected chi connectivity index (χ0v) is 18.7. The molecule has 3 aromatic rings. The number of piperazine rings is 1. The lowest BCUT2D eigenvalue weighted by Crippen LogP contribution is -2.50. The van der Waals surface area contributed by atoms with E-state index in [2.05, 4.69) is 20.9 Å². The van der Waals surface area contributed by atoms with Gasteiger partial charge in [0.2, 0.25) is 5.91 Å². The monoisotopic (exact) mass is 497 g/mol. The first-order chi connectivity index (χ1) is 13.4. The van der Waals surface area contributed by atoms with Crippen molar-refractivity contribution in [3.05, 3.63) is 51.3 Å². The van der Waals surface area contributed by atoms with Crippen LogP contribution in [0.3, 0.4) is 0 Å². The fourth-order valence-electron chi connectivity index (χ4n) is 2.92. The van der Waals surface area contributed by atoms with Gasteiger partial charge in [-0.25, -0.2) is 13.4 Å². The van der Waals surface area contributed by atoms with Crippen LogP contribution < -0.4 is 0 Å². The number of amides is 1. The Labute approximate surface area is 179 Å². The van der Waals surface area contributed by atoms with E-state index in [-0.39, 0.29) is 5.91 Å². The Morgan fingerprint density at radius 3 is 2.50 bits per heavy atom. The maximum atomic E-state index is 12.7. The van der Waals surface area contributed by atoms with Gasteiger partial charge < -0.3 is 4.90 Å². The van der Waals surface area contributed by atoms with Gasteiger partial charge in [0, 0.05) is 32.3 Å². The molecule has 1 amide bonds. The molecule has 146 valence electrons. The SMILES string of the molecule is O=C(/C=C/c1nc2ccccc2s1)N1CCN(S(=O)(=O)c2ccc(Br)s2)CC1. The quantitative estimate of drug-likeness (QED) is 0.515. The van der Waals surface area contributed by atoms with Gasteiger partial charge in [-0.05, 0) is 46.3 Å². The summed E-state index contributed by atoms with van der Waals surface area (Å²) in [6.45, 7) is 1.32. The number of thiophene rings is 1. The second-order valence-electron chi connectivity index (χ2n) is 6.14. The highest BCUT2D eigenvalue weighted by Gasteiger charge is 2.30. The molecule has 1 saturated heterocycles. The normalized spacial score (nSPS) is 16.2. The zero-order chi connectivity index (χ0) is 19.7. The summed E-state index contributed by atoms with van der Waals surface area (Å²) in [4.78, 5) is 18.6. The standard InChI is InChI=1S/C18H16BrN3O3S3/c19-15-5-8-18(27-15)28(24,25)22-11-9-21(10-12-22)17(23)7-6-16-20-13-3-1-2-4-14(13)26-16/h1-8H,9-12H2/b7-6+. The van der Waals surface area contributed by atoms with Gasteiger partial charge in [0.1, 0.15) is 9.22 Å². The van der Waals surface area contributed by atoms with E-state index >= 15 is 0 Å². The number of para-hydroxylation sites is 1. The first-order valence-electron chi connectivity index (χ1n) is 8.51. The van der Waals surface area contributed by atoms with Crippen molar-refractivity contribution in [3.8, 4) is 0 Å². The van der Waals surface area contributed by atoms with Crippen LogP contribution in [0.5, 0.6) is 0 Å². The van der Waals surface area contributed by atoms with Crippen molar-refractivity contribution in [1.29, 1.82) is 0 Å². The molecule has 4 rings (SSSR count). The van der Waals surface area contributed by atoms with Crippen molar-refractivity contribution in [2.45, 2.75) is 4.21 Å². The molecular formula is C18H16BrN3O3S3. The summed E-state index contributed by atoms with van der Waals surface area (Å²) in [5.41, 5.74) is 0.915. The van der Waals surface area contributed by atoms with Crippen molar-refractivity contribution in [2.75, 3.05) is 26.2 Å². The molecule has 0 bridgehead atoms. The zero-order valence-electron chi connectivity index (χ0n) is 14.6. The molecule has 2 aromatic heterocycles. The number of halogens is 1. The van der Waals surface area contributed by atoms with Crippen LogP contribution in [-0.2, 0) is 14.8 Å². The summed E-state index contributed by atoms with van der Waals surface area (Å²) in [7, 11) is -3.50. The van der Waals surface area contributed by atoms with E-state index in [1.165, 1.54) is 33.1 Å². The second kappa shape index (κ2) is 8.03. The average Bonchev–Trinajstić information content (AvgIpc) is 3.32. The highest BCUT2D eigenvalue weighted by molar-refractivity contribution is 9.11. The van der Waals surface area contributed by atoms with Gasteiger partial charge in [-0.15, -0.1) is 22.7 Å². The van der Waals surface area contributed by atoms with Crippen LogP contribution in [0, 0.1) is 0 Å². The van der Waals surface area contributed by atoms with Crippen molar-refractivity contribution in [1.82, 2.24) is 14.2 Å². The number of sulfonamides is 1. The smallest absolute Gasteiger partial charge is 0.252 e. The van der Waals surface area contributed by atoms with Crippen LogP contribution in [0.25, 0.3) is 16.3 Å². The number of thiazole rings is 1. The first-order valence-corrected chi connectivity index (χ1v) is 12.4. The molecule has 0 spiro atoms. The molecule has 0 aliphatic carbocycles. The lowest BCUT2D eigenvalue weighted by Gasteiger charge is -2.33. The van der Waals surface area contributed by atoms with Crippen LogP contribution in [-0.4, -0.2) is 54.7 Å². The summed E-state index contributed by atoms with van der Waals surface area (Å²) in [6, 6.07) is 11.2. The third kappa shape index (κ3) is 4.06. The predicted octanol–water partition coefficient (Wildman–Crippen LogP) is 3.67. The number of hydrogen-bond acceptors (Lipinski definition) is 6. The Morgan fingerprint density at radius 2 is 1.82 bits per heavy atom. The van der Waals surface area contributed by atoms with E-state index in [0.29, 0.717) is 30.4 Å². The number of fused-ring (bicyclic) bond motifs is 1. The second-order valence-corrected chi connectivity index (χ2v) is 11.8. The fourth-order valence-corrected chi connectivity index (χ4v) is 7.38. The highest BCUT2D eigenvalue weighted by Crippen LogP contribution is 2.29. The largest absolute Gasteiger partial charge is 0.337 e. The molecule has 0 N–H and O–H groups in total. The molecule has 10 heteroatoms. The third-order valence-corrected chi connectivity index (χ3v) is 9.36. The van der Waals surface area contributed by atoms with E-state index in [0.717, 1.165) is 19.0 Å². The number of hydrogen-bond donors (Lipinski definition) is 0. The van der Waals surface area contributed by atoms with Crippen LogP contribution in [0.1, 0.15) is 5.01 Å². The minimum absolute atomic E-state index is 0.129. The number of rotatable bonds is 4.